The van der Waals surface area contributed by atoms with E-state index in [1.54, 1.807) is 16.8 Å². The van der Waals surface area contributed by atoms with Gasteiger partial charge in [0.15, 0.2) is 0 Å². The van der Waals surface area contributed by atoms with Crippen molar-refractivity contribution >= 4 is 16.9 Å². The van der Waals surface area contributed by atoms with E-state index in [0.717, 1.165) is 16.7 Å². The zero-order valence-corrected chi connectivity index (χ0v) is 9.58. The highest BCUT2D eigenvalue weighted by Crippen LogP contribution is 2.22. The van der Waals surface area contributed by atoms with E-state index in [1.807, 2.05) is 42.5 Å². The number of hydrogen-bond acceptors (Lipinski definition) is 2. The quantitative estimate of drug-likeness (QED) is 0.742. The number of nitrogens with two attached hydrogens (primary N) is 1. The minimum absolute atomic E-state index is 0.440. The molecule has 0 unspecified atom stereocenters. The molecule has 2 heterocycles. The van der Waals surface area contributed by atoms with Crippen molar-refractivity contribution in [1.29, 1.82) is 0 Å². The number of carbonyl (C=O) groups excluding carboxylic acids is 1. The van der Waals surface area contributed by atoms with E-state index >= 15 is 0 Å². The molecule has 3 aromatic rings. The molecule has 0 bridgehead atoms. The first-order chi connectivity index (χ1) is 8.77. The standard InChI is InChI=1S/C14H11N3O/c15-13(18)12-9-10-5-4-8-16-14(10)17(12)11-6-2-1-3-7-11/h1-9H,(H2,15,18). The van der Waals surface area contributed by atoms with E-state index in [1.165, 1.54) is 0 Å². The van der Waals surface area contributed by atoms with E-state index in [4.69, 9.17) is 5.73 Å². The van der Waals surface area contributed by atoms with E-state index < -0.39 is 5.91 Å². The number of primary amides is 1. The maximum Gasteiger partial charge on any atom is 0.265 e. The molecule has 3 rings (SSSR count). The van der Waals surface area contributed by atoms with E-state index in [0.29, 0.717) is 5.69 Å². The van der Waals surface area contributed by atoms with Gasteiger partial charge in [-0.2, -0.15) is 0 Å². The highest BCUT2D eigenvalue weighted by Gasteiger charge is 2.14. The maximum absolute atomic E-state index is 11.5. The lowest BCUT2D eigenvalue weighted by atomic mass is 10.3. The molecular weight excluding hydrogens is 226 g/mol. The van der Waals surface area contributed by atoms with Crippen molar-refractivity contribution in [1.82, 2.24) is 9.55 Å². The Kier molecular flexibility index (Phi) is 2.34. The zero-order valence-electron chi connectivity index (χ0n) is 9.58. The van der Waals surface area contributed by atoms with Crippen LogP contribution in [0.1, 0.15) is 10.5 Å². The van der Waals surface area contributed by atoms with Crippen LogP contribution in [-0.4, -0.2) is 15.5 Å². The number of amides is 1. The Bertz CT molecular complexity index is 716. The van der Waals surface area contributed by atoms with Crippen molar-refractivity contribution in [2.24, 2.45) is 5.73 Å². The Morgan fingerprint density at radius 3 is 2.61 bits per heavy atom. The van der Waals surface area contributed by atoms with Crippen LogP contribution in [-0.2, 0) is 0 Å². The maximum atomic E-state index is 11.5. The normalized spacial score (nSPS) is 10.7. The van der Waals surface area contributed by atoms with E-state index in [9.17, 15) is 4.79 Å². The summed E-state index contributed by atoms with van der Waals surface area (Å²) in [5.41, 5.74) is 7.48. The summed E-state index contributed by atoms with van der Waals surface area (Å²) in [4.78, 5) is 15.9. The van der Waals surface area contributed by atoms with Gasteiger partial charge in [-0.05, 0) is 30.3 Å². The average Bonchev–Trinajstić information content (AvgIpc) is 2.79. The van der Waals surface area contributed by atoms with Gasteiger partial charge in [0.05, 0.1) is 0 Å². The van der Waals surface area contributed by atoms with Gasteiger partial charge in [-0.25, -0.2) is 4.98 Å². The summed E-state index contributed by atoms with van der Waals surface area (Å²) in [6.07, 6.45) is 1.70. The zero-order chi connectivity index (χ0) is 12.5. The smallest absolute Gasteiger partial charge is 0.265 e. The SMILES string of the molecule is NC(=O)c1cc2cccnc2n1-c1ccccc1. The summed E-state index contributed by atoms with van der Waals surface area (Å²) in [7, 11) is 0. The third-order valence-electron chi connectivity index (χ3n) is 2.83. The van der Waals surface area contributed by atoms with Gasteiger partial charge in [0.25, 0.3) is 5.91 Å². The first-order valence-electron chi connectivity index (χ1n) is 5.59. The number of fused-ring (bicyclic) bond motifs is 1. The first kappa shape index (κ1) is 10.5. The first-order valence-corrected chi connectivity index (χ1v) is 5.59. The third kappa shape index (κ3) is 1.55. The molecule has 0 saturated heterocycles. The fraction of sp³-hybridized carbons (Fsp3) is 0. The molecular formula is C14H11N3O. The summed E-state index contributed by atoms with van der Waals surface area (Å²) < 4.78 is 1.78. The molecule has 0 aliphatic heterocycles. The average molecular weight is 237 g/mol. The van der Waals surface area contributed by atoms with E-state index in [-0.39, 0.29) is 0 Å². The second-order valence-corrected chi connectivity index (χ2v) is 3.98. The molecule has 2 N–H and O–H groups in total. The Morgan fingerprint density at radius 1 is 1.11 bits per heavy atom. The minimum Gasteiger partial charge on any atom is -0.364 e. The van der Waals surface area contributed by atoms with Crippen LogP contribution in [0.4, 0.5) is 0 Å². The van der Waals surface area contributed by atoms with Crippen LogP contribution in [0.5, 0.6) is 0 Å². The number of carbonyl (C=O) groups is 1. The number of hydrogen-bond donors (Lipinski definition) is 1. The number of para-hydroxylation sites is 1. The Balaban J connectivity index is 2.38. The molecule has 0 aliphatic carbocycles. The largest absolute Gasteiger partial charge is 0.364 e. The number of aromatic nitrogens is 2. The van der Waals surface area contributed by atoms with Crippen molar-refractivity contribution in [2.45, 2.75) is 0 Å². The van der Waals surface area contributed by atoms with Gasteiger partial charge in [0, 0.05) is 17.3 Å². The Labute approximate surface area is 104 Å². The van der Waals surface area contributed by atoms with Crippen LogP contribution in [0, 0.1) is 0 Å². The molecule has 4 heteroatoms. The number of rotatable bonds is 2. The topological polar surface area (TPSA) is 60.9 Å². The molecule has 4 nitrogen and oxygen atoms in total. The lowest BCUT2D eigenvalue weighted by molar-refractivity contribution is 0.0994. The van der Waals surface area contributed by atoms with Gasteiger partial charge >= 0.3 is 0 Å². The third-order valence-corrected chi connectivity index (χ3v) is 2.83. The van der Waals surface area contributed by atoms with Crippen LogP contribution in [0.3, 0.4) is 0 Å². The summed E-state index contributed by atoms with van der Waals surface area (Å²) >= 11 is 0. The monoisotopic (exact) mass is 237 g/mol. The highest BCUT2D eigenvalue weighted by molar-refractivity contribution is 5.98. The summed E-state index contributed by atoms with van der Waals surface area (Å²) in [6, 6.07) is 15.1. The van der Waals surface area contributed by atoms with Crippen molar-refractivity contribution in [3.8, 4) is 5.69 Å². The lowest BCUT2D eigenvalue weighted by Crippen LogP contribution is -2.16. The van der Waals surface area contributed by atoms with Gasteiger partial charge in [0.1, 0.15) is 11.3 Å². The Morgan fingerprint density at radius 2 is 1.89 bits per heavy atom. The van der Waals surface area contributed by atoms with Crippen LogP contribution in [0.25, 0.3) is 16.7 Å². The van der Waals surface area contributed by atoms with Crippen molar-refractivity contribution in [3.05, 3.63) is 60.4 Å². The summed E-state index contributed by atoms with van der Waals surface area (Å²) in [6.45, 7) is 0. The number of pyridine rings is 1. The van der Waals surface area contributed by atoms with Gasteiger partial charge in [-0.15, -0.1) is 0 Å². The molecule has 0 aliphatic rings. The molecule has 1 aromatic carbocycles. The van der Waals surface area contributed by atoms with Crippen molar-refractivity contribution in [3.63, 3.8) is 0 Å². The fourth-order valence-corrected chi connectivity index (χ4v) is 2.05. The summed E-state index contributed by atoms with van der Waals surface area (Å²) in [5.74, 6) is -0.461. The van der Waals surface area contributed by atoms with Crippen LogP contribution >= 0.6 is 0 Å². The second-order valence-electron chi connectivity index (χ2n) is 3.98. The van der Waals surface area contributed by atoms with Crippen molar-refractivity contribution < 1.29 is 4.79 Å². The van der Waals surface area contributed by atoms with Crippen molar-refractivity contribution in [2.75, 3.05) is 0 Å². The van der Waals surface area contributed by atoms with E-state index in [2.05, 4.69) is 4.98 Å². The number of nitrogens with zero attached hydrogens (tertiary/aromatic N) is 2. The Hall–Kier alpha value is -2.62. The fourth-order valence-electron chi connectivity index (χ4n) is 2.05. The van der Waals surface area contributed by atoms with Gasteiger partial charge < -0.3 is 5.73 Å². The molecule has 0 radical (unpaired) electrons. The van der Waals surface area contributed by atoms with Crippen LogP contribution in [0.2, 0.25) is 0 Å². The molecule has 18 heavy (non-hydrogen) atoms. The predicted molar refractivity (Wildman–Crippen MR) is 69.6 cm³/mol. The highest BCUT2D eigenvalue weighted by atomic mass is 16.1. The lowest BCUT2D eigenvalue weighted by Gasteiger charge is -2.07. The predicted octanol–water partition coefficient (Wildman–Crippen LogP) is 2.12. The second kappa shape index (κ2) is 4.00. The molecule has 2 aromatic heterocycles. The van der Waals surface area contributed by atoms with Gasteiger partial charge in [-0.3, -0.25) is 9.36 Å². The molecule has 0 spiro atoms. The summed E-state index contributed by atoms with van der Waals surface area (Å²) in [5, 5.41) is 0.898. The van der Waals surface area contributed by atoms with Crippen LogP contribution < -0.4 is 5.73 Å². The molecule has 88 valence electrons. The minimum atomic E-state index is -0.461. The molecule has 0 fully saturated rings. The van der Waals surface area contributed by atoms with Gasteiger partial charge in [0.2, 0.25) is 0 Å². The van der Waals surface area contributed by atoms with Crippen LogP contribution in [0.15, 0.2) is 54.7 Å². The molecule has 0 atom stereocenters. The molecule has 1 amide bonds. The van der Waals surface area contributed by atoms with Gasteiger partial charge in [-0.1, -0.05) is 18.2 Å². The molecule has 0 saturated carbocycles. The number of benzene rings is 1.